The zero-order valence-corrected chi connectivity index (χ0v) is 9.90. The number of nitrogens with zero attached hydrogens (tertiary/aromatic N) is 1. The van der Waals surface area contributed by atoms with E-state index in [4.69, 9.17) is 4.74 Å². The minimum absolute atomic E-state index is 0.514. The summed E-state index contributed by atoms with van der Waals surface area (Å²) in [6, 6.07) is -0.605. The van der Waals surface area contributed by atoms with Gasteiger partial charge in [-0.3, -0.25) is 4.99 Å². The summed E-state index contributed by atoms with van der Waals surface area (Å²) in [6.45, 7) is 0. The van der Waals surface area contributed by atoms with Crippen LogP contribution in [0.4, 0.5) is 8.78 Å². The van der Waals surface area contributed by atoms with E-state index in [2.05, 4.69) is 10.3 Å². The molecule has 3 N–H and O–H groups in total. The maximum Gasteiger partial charge on any atom is 0.241 e. The minimum atomic E-state index is -2.57. The molecule has 2 rings (SSSR count). The van der Waals surface area contributed by atoms with Gasteiger partial charge in [-0.25, -0.2) is 8.78 Å². The Kier molecular flexibility index (Phi) is 3.86. The van der Waals surface area contributed by atoms with Crippen molar-refractivity contribution in [2.75, 3.05) is 7.05 Å². The molecule has 1 saturated heterocycles. The minimum Gasteiger partial charge on any atom is -0.388 e. The van der Waals surface area contributed by atoms with Gasteiger partial charge in [0.25, 0.3) is 0 Å². The van der Waals surface area contributed by atoms with E-state index >= 15 is 0 Å². The fourth-order valence-electron chi connectivity index (χ4n) is 1.92. The maximum atomic E-state index is 12.3. The van der Waals surface area contributed by atoms with Crippen molar-refractivity contribution in [1.82, 2.24) is 5.32 Å². The molecule has 0 saturated carbocycles. The third kappa shape index (κ3) is 2.54. The van der Waals surface area contributed by atoms with Crippen LogP contribution in [0.5, 0.6) is 0 Å². The van der Waals surface area contributed by atoms with Crippen molar-refractivity contribution in [3.63, 3.8) is 0 Å². The number of aliphatic hydroxyl groups is 2. The molecular weight excluding hydrogens is 254 g/mol. The lowest BCUT2D eigenvalue weighted by molar-refractivity contribution is -0.163. The summed E-state index contributed by atoms with van der Waals surface area (Å²) >= 11 is 1.23. The second-order valence-corrected chi connectivity index (χ2v) is 5.03. The van der Waals surface area contributed by atoms with Crippen LogP contribution >= 0.6 is 11.8 Å². The standard InChI is InChI=1S/C9H14F2N2O3S/c1-12-9-13-5-7(15)6(14)3(2-4(10)11)16-8(5)17-9/h3-8,14-15H,2H2,1H3,(H,12,13)/t3-,5-,6-,7-,8-/m1/s1. The van der Waals surface area contributed by atoms with Crippen LogP contribution in [0.25, 0.3) is 0 Å². The Hall–Kier alpha value is -0.440. The van der Waals surface area contributed by atoms with E-state index in [1.165, 1.54) is 11.8 Å². The van der Waals surface area contributed by atoms with Gasteiger partial charge in [0.05, 0.1) is 6.10 Å². The van der Waals surface area contributed by atoms with E-state index in [1.807, 2.05) is 0 Å². The number of thioether (sulfide) groups is 1. The number of halogens is 2. The van der Waals surface area contributed by atoms with Crippen molar-refractivity contribution >= 4 is 16.9 Å². The lowest BCUT2D eigenvalue weighted by atomic mass is 9.96. The molecule has 0 spiro atoms. The molecule has 0 aromatic carbocycles. The first-order valence-electron chi connectivity index (χ1n) is 5.25. The van der Waals surface area contributed by atoms with Gasteiger partial charge in [-0.2, -0.15) is 0 Å². The van der Waals surface area contributed by atoms with E-state index in [0.29, 0.717) is 5.17 Å². The van der Waals surface area contributed by atoms with Crippen LogP contribution in [0, 0.1) is 0 Å². The van der Waals surface area contributed by atoms with Crippen molar-refractivity contribution in [2.45, 2.75) is 42.6 Å². The van der Waals surface area contributed by atoms with Crippen LogP contribution in [0.2, 0.25) is 0 Å². The van der Waals surface area contributed by atoms with Crippen LogP contribution in [0.1, 0.15) is 6.42 Å². The highest BCUT2D eigenvalue weighted by Gasteiger charge is 2.48. The summed E-state index contributed by atoms with van der Waals surface area (Å²) in [6.07, 6.45) is -6.71. The molecule has 2 aliphatic heterocycles. The summed E-state index contributed by atoms with van der Waals surface area (Å²) in [4.78, 5) is 4.12. The van der Waals surface area contributed by atoms with Crippen LogP contribution in [-0.4, -0.2) is 58.6 Å². The number of fused-ring (bicyclic) bond motifs is 1. The van der Waals surface area contributed by atoms with Gasteiger partial charge in [-0.15, -0.1) is 0 Å². The van der Waals surface area contributed by atoms with Crippen molar-refractivity contribution in [2.24, 2.45) is 4.99 Å². The van der Waals surface area contributed by atoms with Crippen LogP contribution in [-0.2, 0) is 4.74 Å². The van der Waals surface area contributed by atoms with E-state index < -0.39 is 42.6 Å². The van der Waals surface area contributed by atoms with E-state index in [0.717, 1.165) is 0 Å². The van der Waals surface area contributed by atoms with Crippen molar-refractivity contribution in [1.29, 1.82) is 0 Å². The SMILES string of the molecule is CNC1=N[C@@H]2[C@@H](O)[C@H](O)[C@@H](CC(F)F)O[C@@H]2S1. The van der Waals surface area contributed by atoms with Crippen molar-refractivity contribution in [3.05, 3.63) is 0 Å². The Morgan fingerprint density at radius 3 is 2.76 bits per heavy atom. The zero-order valence-electron chi connectivity index (χ0n) is 9.09. The normalized spacial score (nSPS) is 41.3. The lowest BCUT2D eigenvalue weighted by Crippen LogP contribution is -2.55. The van der Waals surface area contributed by atoms with Gasteiger partial charge in [0.2, 0.25) is 6.43 Å². The number of aliphatic imine (C=N–C) groups is 1. The Balaban J connectivity index is 2.07. The topological polar surface area (TPSA) is 74.1 Å². The molecule has 0 radical (unpaired) electrons. The molecule has 8 heteroatoms. The Morgan fingerprint density at radius 2 is 2.18 bits per heavy atom. The first kappa shape index (κ1) is 13.0. The number of amidine groups is 1. The first-order chi connectivity index (χ1) is 8.02. The summed E-state index contributed by atoms with van der Waals surface area (Å²) in [5.74, 6) is 0. The number of hydrogen-bond acceptors (Lipinski definition) is 6. The Labute approximate surface area is 101 Å². The molecule has 0 amide bonds. The van der Waals surface area contributed by atoms with Gasteiger partial charge in [-0.05, 0) is 0 Å². The van der Waals surface area contributed by atoms with Crippen LogP contribution < -0.4 is 5.32 Å². The molecule has 5 nitrogen and oxygen atoms in total. The number of nitrogens with one attached hydrogen (secondary N) is 1. The summed E-state index contributed by atoms with van der Waals surface area (Å²) < 4.78 is 29.9. The quantitative estimate of drug-likeness (QED) is 0.645. The molecule has 0 aromatic heterocycles. The van der Waals surface area contributed by atoms with Gasteiger partial charge >= 0.3 is 0 Å². The second-order valence-electron chi connectivity index (χ2n) is 3.94. The predicted molar refractivity (Wildman–Crippen MR) is 59.2 cm³/mol. The highest BCUT2D eigenvalue weighted by Crippen LogP contribution is 2.37. The maximum absolute atomic E-state index is 12.3. The lowest BCUT2D eigenvalue weighted by Gasteiger charge is -2.38. The monoisotopic (exact) mass is 268 g/mol. The van der Waals surface area contributed by atoms with Gasteiger partial charge in [-0.1, -0.05) is 11.8 Å². The van der Waals surface area contributed by atoms with Crippen LogP contribution in [0.3, 0.4) is 0 Å². The third-order valence-corrected chi connectivity index (χ3v) is 3.94. The molecule has 0 aromatic rings. The van der Waals surface area contributed by atoms with Crippen LogP contribution in [0.15, 0.2) is 4.99 Å². The zero-order chi connectivity index (χ0) is 12.6. The number of alkyl halides is 2. The van der Waals surface area contributed by atoms with Gasteiger partial charge in [0.15, 0.2) is 5.17 Å². The molecule has 0 aliphatic carbocycles. The molecule has 5 atom stereocenters. The number of aliphatic hydroxyl groups excluding tert-OH is 2. The Bertz CT molecular complexity index is 319. The highest BCUT2D eigenvalue weighted by atomic mass is 32.2. The molecule has 2 aliphatic rings. The van der Waals surface area contributed by atoms with Gasteiger partial charge in [0.1, 0.15) is 23.7 Å². The molecule has 17 heavy (non-hydrogen) atoms. The number of ether oxygens (including phenoxy) is 1. The summed E-state index contributed by atoms with van der Waals surface area (Å²) in [5.41, 5.74) is -0.514. The largest absolute Gasteiger partial charge is 0.388 e. The van der Waals surface area contributed by atoms with Gasteiger partial charge in [0, 0.05) is 13.5 Å². The second kappa shape index (κ2) is 5.05. The molecule has 1 fully saturated rings. The first-order valence-corrected chi connectivity index (χ1v) is 6.13. The molecule has 2 heterocycles. The van der Waals surface area contributed by atoms with Crippen molar-refractivity contribution < 1.29 is 23.7 Å². The molecular formula is C9H14F2N2O3S. The highest BCUT2D eigenvalue weighted by molar-refractivity contribution is 8.14. The average molecular weight is 268 g/mol. The van der Waals surface area contributed by atoms with E-state index in [-0.39, 0.29) is 0 Å². The third-order valence-electron chi connectivity index (χ3n) is 2.79. The van der Waals surface area contributed by atoms with Gasteiger partial charge < -0.3 is 20.3 Å². The fourth-order valence-corrected chi connectivity index (χ4v) is 3.00. The average Bonchev–Trinajstić information content (AvgIpc) is 2.68. The van der Waals surface area contributed by atoms with E-state index in [1.54, 1.807) is 7.05 Å². The Morgan fingerprint density at radius 1 is 1.47 bits per heavy atom. The summed E-state index contributed by atoms with van der Waals surface area (Å²) in [5, 5.41) is 22.9. The van der Waals surface area contributed by atoms with Crippen molar-refractivity contribution in [3.8, 4) is 0 Å². The predicted octanol–water partition coefficient (Wildman–Crippen LogP) is -0.221. The number of hydrogen-bond donors (Lipinski definition) is 3. The molecule has 0 bridgehead atoms. The smallest absolute Gasteiger partial charge is 0.241 e. The molecule has 0 unspecified atom stereocenters. The van der Waals surface area contributed by atoms with E-state index in [9.17, 15) is 19.0 Å². The number of rotatable bonds is 2. The molecule has 98 valence electrons. The fraction of sp³-hybridized carbons (Fsp3) is 0.889. The summed E-state index contributed by atoms with van der Waals surface area (Å²) in [7, 11) is 1.67.